The van der Waals surface area contributed by atoms with Gasteiger partial charge in [-0.2, -0.15) is 4.98 Å². The average molecular weight is 704 g/mol. The highest BCUT2D eigenvalue weighted by molar-refractivity contribution is 6.03. The summed E-state index contributed by atoms with van der Waals surface area (Å²) in [5, 5.41) is 30.8. The lowest BCUT2D eigenvalue weighted by Gasteiger charge is -2.13. The van der Waals surface area contributed by atoms with Gasteiger partial charge in [-0.15, -0.1) is 0 Å². The molecule has 1 atom stereocenters. The minimum Gasteiger partial charge on any atom is -0.481 e. The van der Waals surface area contributed by atoms with Crippen molar-refractivity contribution in [2.75, 3.05) is 18.5 Å². The number of nitrogens with zero attached hydrogens (tertiary/aromatic N) is 4. The number of amides is 1. The van der Waals surface area contributed by atoms with E-state index in [1.807, 2.05) is 6.08 Å². The van der Waals surface area contributed by atoms with Crippen LogP contribution in [-0.2, 0) is 20.9 Å². The molecule has 0 spiro atoms. The summed E-state index contributed by atoms with van der Waals surface area (Å²) in [5.41, 5.74) is 0.950. The molecule has 2 aromatic rings. The Balaban J connectivity index is 1.58. The van der Waals surface area contributed by atoms with E-state index in [9.17, 15) is 29.7 Å². The second kappa shape index (κ2) is 27.3. The number of Topliss-reactive ketones (excluding diaryl/α,β-unsaturated/α-hetero) is 1. The van der Waals surface area contributed by atoms with Crippen LogP contribution in [0, 0.1) is 11.8 Å². The van der Waals surface area contributed by atoms with Gasteiger partial charge in [-0.1, -0.05) is 92.7 Å². The normalized spacial score (nSPS) is 13.1. The number of aryl methyl sites for hydroxylation is 1. The third-order valence-corrected chi connectivity index (χ3v) is 8.14. The summed E-state index contributed by atoms with van der Waals surface area (Å²) in [6.07, 6.45) is 38.6. The summed E-state index contributed by atoms with van der Waals surface area (Å²) < 4.78 is 1.73. The lowest BCUT2D eigenvalue weighted by molar-refractivity contribution is -0.145. The van der Waals surface area contributed by atoms with E-state index in [1.54, 1.807) is 10.9 Å². The average Bonchev–Trinajstić information content (AvgIpc) is 3.53. The Labute approximate surface area is 302 Å². The molecule has 51 heavy (non-hydrogen) atoms. The Kier molecular flexibility index (Phi) is 22.8. The molecule has 2 rings (SSSR count). The number of unbranched alkanes of at least 4 members (excludes halogenated alkanes) is 2. The van der Waals surface area contributed by atoms with Crippen molar-refractivity contribution in [2.45, 2.75) is 103 Å². The standard InChI is InChI=1S/C40H57N5O6/c1-2-3-4-5-6-7-8-9-10-11-12-13-14-15-16-17-18-19-21-24-34(48)25-22-20-23-26-35(39(50)51)38(49)44-40-41-29-36-37(43-40)45(32-42-36)28-27-33(30-46)31-47/h3-4,6-7,9-10,12-13,15-16,18-19,29,32-33,35,46-47H,2,5,8,11,14,17,20-28,30-31H2,1H3,(H,50,51)(H,41,43,44,49)/b4-3-,7-6-,10-9-,13-12-,16-15-,19-18-. The Morgan fingerprint density at radius 3 is 1.92 bits per heavy atom. The van der Waals surface area contributed by atoms with Crippen LogP contribution in [-0.4, -0.2) is 65.7 Å². The third kappa shape index (κ3) is 18.9. The van der Waals surface area contributed by atoms with E-state index in [0.29, 0.717) is 62.7 Å². The Hall–Kier alpha value is -4.48. The molecule has 11 nitrogen and oxygen atoms in total. The summed E-state index contributed by atoms with van der Waals surface area (Å²) in [4.78, 5) is 49.6. The van der Waals surface area contributed by atoms with Gasteiger partial charge in [-0.25, -0.2) is 9.97 Å². The van der Waals surface area contributed by atoms with Gasteiger partial charge in [0.05, 0.1) is 12.5 Å². The number of carboxylic acids is 1. The molecule has 278 valence electrons. The van der Waals surface area contributed by atoms with Crippen molar-refractivity contribution in [1.29, 1.82) is 0 Å². The molecule has 0 aromatic carbocycles. The first-order valence-corrected chi connectivity index (χ1v) is 18.2. The summed E-state index contributed by atoms with van der Waals surface area (Å²) in [5.74, 6) is -3.33. The molecule has 0 fully saturated rings. The minimum absolute atomic E-state index is 0.0288. The first-order valence-electron chi connectivity index (χ1n) is 18.2. The number of ketones is 1. The van der Waals surface area contributed by atoms with Crippen molar-refractivity contribution in [3.8, 4) is 0 Å². The van der Waals surface area contributed by atoms with Gasteiger partial charge in [0.25, 0.3) is 0 Å². The predicted octanol–water partition coefficient (Wildman–Crippen LogP) is 7.45. The largest absolute Gasteiger partial charge is 0.481 e. The van der Waals surface area contributed by atoms with Crippen LogP contribution in [0.4, 0.5) is 5.95 Å². The molecule has 0 saturated heterocycles. The fraction of sp³-hybridized carbons (Fsp3) is 0.500. The fourth-order valence-corrected chi connectivity index (χ4v) is 5.06. The van der Waals surface area contributed by atoms with E-state index in [4.69, 9.17) is 0 Å². The Morgan fingerprint density at radius 1 is 0.765 bits per heavy atom. The van der Waals surface area contributed by atoms with Crippen LogP contribution in [0.5, 0.6) is 0 Å². The molecule has 0 saturated carbocycles. The van der Waals surface area contributed by atoms with Crippen LogP contribution in [0.2, 0.25) is 0 Å². The van der Waals surface area contributed by atoms with Gasteiger partial charge in [0.2, 0.25) is 11.9 Å². The number of carbonyl (C=O) groups is 3. The lowest BCUT2D eigenvalue weighted by atomic mass is 9.99. The lowest BCUT2D eigenvalue weighted by Crippen LogP contribution is -2.30. The van der Waals surface area contributed by atoms with E-state index >= 15 is 0 Å². The number of rotatable bonds is 28. The van der Waals surface area contributed by atoms with Crippen LogP contribution < -0.4 is 5.32 Å². The first kappa shape index (κ1) is 42.7. The molecule has 2 aromatic heterocycles. The maximum atomic E-state index is 12.8. The van der Waals surface area contributed by atoms with Gasteiger partial charge < -0.3 is 19.9 Å². The van der Waals surface area contributed by atoms with Crippen molar-refractivity contribution in [1.82, 2.24) is 19.5 Å². The number of allylic oxidation sites excluding steroid dienone is 12. The summed E-state index contributed by atoms with van der Waals surface area (Å²) in [6.45, 7) is 2.30. The first-order chi connectivity index (χ1) is 24.9. The van der Waals surface area contributed by atoms with Crippen LogP contribution in [0.3, 0.4) is 0 Å². The molecule has 0 aliphatic carbocycles. The molecule has 1 amide bonds. The van der Waals surface area contributed by atoms with Crippen LogP contribution in [0.25, 0.3) is 11.2 Å². The molecule has 0 aliphatic heterocycles. The van der Waals surface area contributed by atoms with Crippen LogP contribution in [0.1, 0.15) is 96.8 Å². The Morgan fingerprint density at radius 2 is 1.35 bits per heavy atom. The van der Waals surface area contributed by atoms with Gasteiger partial charge in [0.15, 0.2) is 5.65 Å². The van der Waals surface area contributed by atoms with Crippen molar-refractivity contribution < 1.29 is 29.7 Å². The molecular formula is C40H57N5O6. The van der Waals surface area contributed by atoms with E-state index in [0.717, 1.165) is 38.5 Å². The number of aliphatic hydroxyl groups is 2. The van der Waals surface area contributed by atoms with E-state index < -0.39 is 17.8 Å². The zero-order valence-corrected chi connectivity index (χ0v) is 30.1. The maximum Gasteiger partial charge on any atom is 0.316 e. The van der Waals surface area contributed by atoms with Gasteiger partial charge in [-0.3, -0.25) is 19.7 Å². The second-order valence-electron chi connectivity index (χ2n) is 12.3. The van der Waals surface area contributed by atoms with E-state index in [-0.39, 0.29) is 37.3 Å². The van der Waals surface area contributed by atoms with E-state index in [2.05, 4.69) is 94.0 Å². The van der Waals surface area contributed by atoms with Crippen molar-refractivity contribution >= 4 is 34.8 Å². The molecule has 0 radical (unpaired) electrons. The molecule has 0 aliphatic rings. The van der Waals surface area contributed by atoms with Crippen LogP contribution in [0.15, 0.2) is 85.4 Å². The monoisotopic (exact) mass is 703 g/mol. The molecule has 4 N–H and O–H groups in total. The zero-order valence-electron chi connectivity index (χ0n) is 30.1. The molecule has 2 heterocycles. The molecule has 11 heteroatoms. The zero-order chi connectivity index (χ0) is 36.9. The molecule has 1 unspecified atom stereocenters. The van der Waals surface area contributed by atoms with E-state index in [1.165, 1.54) is 6.20 Å². The fourth-order valence-electron chi connectivity index (χ4n) is 5.06. The van der Waals surface area contributed by atoms with Gasteiger partial charge in [0.1, 0.15) is 17.2 Å². The number of aliphatic hydroxyl groups excluding tert-OH is 2. The highest BCUT2D eigenvalue weighted by Crippen LogP contribution is 2.17. The summed E-state index contributed by atoms with van der Waals surface area (Å²) in [7, 11) is 0. The van der Waals surface area contributed by atoms with Gasteiger partial charge in [0, 0.05) is 38.5 Å². The van der Waals surface area contributed by atoms with Gasteiger partial charge >= 0.3 is 5.97 Å². The number of carboxylic acid groups (broad SMARTS) is 1. The van der Waals surface area contributed by atoms with Crippen molar-refractivity contribution in [3.63, 3.8) is 0 Å². The maximum absolute atomic E-state index is 12.8. The minimum atomic E-state index is -1.27. The third-order valence-electron chi connectivity index (χ3n) is 8.14. The van der Waals surface area contributed by atoms with Gasteiger partial charge in [-0.05, 0) is 64.2 Å². The SMILES string of the molecule is CC/C=C\C/C=C\C/C=C\C/C=C\C/C=C\C/C=C\CCC(=O)CCCCCC(C(=O)O)C(=O)Nc1ncc2ncn(CCC(CO)CO)c2n1. The number of nitrogens with one attached hydrogen (secondary N) is 1. The quantitative estimate of drug-likeness (QED) is 0.0400. The molecular weight excluding hydrogens is 646 g/mol. The number of aromatic nitrogens is 4. The number of hydrogen-bond donors (Lipinski definition) is 4. The number of anilines is 1. The smallest absolute Gasteiger partial charge is 0.316 e. The van der Waals surface area contributed by atoms with Crippen LogP contribution >= 0.6 is 0 Å². The summed E-state index contributed by atoms with van der Waals surface area (Å²) >= 11 is 0. The number of fused-ring (bicyclic) bond motifs is 1. The second-order valence-corrected chi connectivity index (χ2v) is 12.3. The highest BCUT2D eigenvalue weighted by atomic mass is 16.4. The Bertz CT molecular complexity index is 1490. The van der Waals surface area contributed by atoms with Crippen molar-refractivity contribution in [2.24, 2.45) is 11.8 Å². The summed E-state index contributed by atoms with van der Waals surface area (Å²) in [6, 6.07) is 0. The number of hydrogen-bond acceptors (Lipinski definition) is 8. The molecule has 0 bridgehead atoms. The number of aliphatic carboxylic acids is 1. The van der Waals surface area contributed by atoms with Crippen molar-refractivity contribution in [3.05, 3.63) is 85.4 Å². The highest BCUT2D eigenvalue weighted by Gasteiger charge is 2.26. The topological polar surface area (TPSA) is 168 Å². The number of imidazole rings is 1. The number of carbonyl (C=O) groups excluding carboxylic acids is 2. The predicted molar refractivity (Wildman–Crippen MR) is 203 cm³/mol.